The summed E-state index contributed by atoms with van der Waals surface area (Å²) in [6.45, 7) is 0. The summed E-state index contributed by atoms with van der Waals surface area (Å²) in [5.74, 6) is -0.388. The Morgan fingerprint density at radius 3 is 2.00 bits per heavy atom. The Bertz CT molecular complexity index is 567. The second kappa shape index (κ2) is 5.19. The average molecular weight is 277 g/mol. The highest BCUT2D eigenvalue weighted by Gasteiger charge is 2.34. The maximum absolute atomic E-state index is 11.7. The monoisotopic (exact) mass is 277 g/mol. The van der Waals surface area contributed by atoms with Crippen LogP contribution in [0.15, 0.2) is 17.0 Å². The molecule has 18 heavy (non-hydrogen) atoms. The van der Waals surface area contributed by atoms with Crippen LogP contribution in [0.2, 0.25) is 0 Å². The van der Waals surface area contributed by atoms with Gasteiger partial charge in [-0.05, 0) is 12.1 Å². The van der Waals surface area contributed by atoms with E-state index in [1.54, 1.807) is 0 Å². The van der Waals surface area contributed by atoms with Gasteiger partial charge < -0.3 is 9.47 Å². The van der Waals surface area contributed by atoms with Gasteiger partial charge in [-0.1, -0.05) is 0 Å². The first-order valence-corrected chi connectivity index (χ1v) is 5.99. The largest absolute Gasteiger partial charge is 0.495 e. The summed E-state index contributed by atoms with van der Waals surface area (Å²) in [7, 11) is -1.01. The predicted octanol–water partition coefficient (Wildman–Crippen LogP) is 0.947. The number of benzene rings is 1. The van der Waals surface area contributed by atoms with Gasteiger partial charge in [0.25, 0.3) is 0 Å². The lowest BCUT2D eigenvalue weighted by atomic mass is 10.3. The van der Waals surface area contributed by atoms with Crippen molar-refractivity contribution in [3.05, 3.63) is 22.2 Å². The summed E-state index contributed by atoms with van der Waals surface area (Å²) < 4.78 is 37.3. The smallest absolute Gasteiger partial charge is 0.335 e. The van der Waals surface area contributed by atoms with E-state index in [0.29, 0.717) is 0 Å². The minimum Gasteiger partial charge on any atom is -0.495 e. The van der Waals surface area contributed by atoms with Crippen LogP contribution in [-0.4, -0.2) is 34.7 Å². The molecule has 0 fully saturated rings. The molecule has 0 bridgehead atoms. The van der Waals surface area contributed by atoms with Crippen LogP contribution in [-0.2, 0) is 14.3 Å². The van der Waals surface area contributed by atoms with E-state index in [2.05, 4.69) is 4.18 Å². The molecule has 0 atom stereocenters. The number of ether oxygens (including phenoxy) is 2. The molecule has 0 saturated carbocycles. The van der Waals surface area contributed by atoms with E-state index in [0.717, 1.165) is 7.11 Å². The maximum atomic E-state index is 11.7. The number of hydrogen-bond acceptors (Lipinski definition) is 7. The summed E-state index contributed by atoms with van der Waals surface area (Å²) in [4.78, 5) is 9.44. The van der Waals surface area contributed by atoms with Crippen LogP contribution in [0.5, 0.6) is 11.5 Å². The Morgan fingerprint density at radius 2 is 1.61 bits per heavy atom. The van der Waals surface area contributed by atoms with Crippen molar-refractivity contribution in [1.82, 2.24) is 0 Å². The number of hydrogen-bond donors (Lipinski definition) is 0. The van der Waals surface area contributed by atoms with Crippen molar-refractivity contribution in [3.8, 4) is 11.5 Å². The molecule has 0 amide bonds. The fraction of sp³-hybridized carbons (Fsp3) is 0.333. The molecule has 0 unspecified atom stereocenters. The molecule has 0 aliphatic rings. The Morgan fingerprint density at radius 1 is 1.11 bits per heavy atom. The molecule has 0 aromatic heterocycles. The number of nitro benzene ring substituents is 1. The average Bonchev–Trinajstić information content (AvgIpc) is 2.36. The lowest BCUT2D eigenvalue weighted by molar-refractivity contribution is -0.388. The SMILES string of the molecule is COc1ccc(OC)c(S(=O)(=O)OC)c1[N+](=O)[O-]. The van der Waals surface area contributed by atoms with E-state index < -0.39 is 25.6 Å². The quantitative estimate of drug-likeness (QED) is 0.448. The molecule has 1 aromatic carbocycles. The van der Waals surface area contributed by atoms with Gasteiger partial charge >= 0.3 is 15.8 Å². The van der Waals surface area contributed by atoms with Crippen molar-refractivity contribution in [2.24, 2.45) is 0 Å². The highest BCUT2D eigenvalue weighted by atomic mass is 32.2. The first kappa shape index (κ1) is 14.2. The molecule has 0 N–H and O–H groups in total. The number of rotatable bonds is 5. The zero-order chi connectivity index (χ0) is 13.9. The van der Waals surface area contributed by atoms with Gasteiger partial charge in [-0.3, -0.25) is 14.3 Å². The zero-order valence-corrected chi connectivity index (χ0v) is 10.7. The predicted molar refractivity (Wildman–Crippen MR) is 60.4 cm³/mol. The normalized spacial score (nSPS) is 11.1. The van der Waals surface area contributed by atoms with Gasteiger partial charge in [0.1, 0.15) is 5.75 Å². The summed E-state index contributed by atoms with van der Waals surface area (Å²) in [5, 5.41) is 11.0. The van der Waals surface area contributed by atoms with Crippen LogP contribution in [0, 0.1) is 10.1 Å². The van der Waals surface area contributed by atoms with Crippen LogP contribution >= 0.6 is 0 Å². The number of nitro groups is 1. The third-order valence-electron chi connectivity index (χ3n) is 2.15. The van der Waals surface area contributed by atoms with Gasteiger partial charge in [-0.25, -0.2) is 0 Å². The maximum Gasteiger partial charge on any atom is 0.335 e. The van der Waals surface area contributed by atoms with Crippen molar-refractivity contribution in [3.63, 3.8) is 0 Å². The molecule has 100 valence electrons. The van der Waals surface area contributed by atoms with Crippen molar-refractivity contribution in [2.75, 3.05) is 21.3 Å². The molecule has 8 nitrogen and oxygen atoms in total. The van der Waals surface area contributed by atoms with Gasteiger partial charge in [0.15, 0.2) is 5.75 Å². The van der Waals surface area contributed by atoms with Crippen molar-refractivity contribution in [1.29, 1.82) is 0 Å². The van der Waals surface area contributed by atoms with E-state index >= 15 is 0 Å². The zero-order valence-electron chi connectivity index (χ0n) is 9.87. The molecule has 0 radical (unpaired) electrons. The lowest BCUT2D eigenvalue weighted by Crippen LogP contribution is -2.09. The van der Waals surface area contributed by atoms with Crippen LogP contribution in [0.25, 0.3) is 0 Å². The van der Waals surface area contributed by atoms with E-state index in [1.165, 1.54) is 26.4 Å². The van der Waals surface area contributed by atoms with Crippen LogP contribution in [0.3, 0.4) is 0 Å². The molecule has 0 heterocycles. The molecule has 0 spiro atoms. The molecule has 0 aliphatic heterocycles. The van der Waals surface area contributed by atoms with Crippen molar-refractivity contribution < 1.29 is 27.0 Å². The van der Waals surface area contributed by atoms with E-state index in [9.17, 15) is 18.5 Å². The van der Waals surface area contributed by atoms with E-state index in [1.807, 2.05) is 0 Å². The summed E-state index contributed by atoms with van der Waals surface area (Å²) in [5.41, 5.74) is -0.723. The summed E-state index contributed by atoms with van der Waals surface area (Å²) in [6.07, 6.45) is 0. The third-order valence-corrected chi connectivity index (χ3v) is 3.48. The topological polar surface area (TPSA) is 105 Å². The standard InChI is InChI=1S/C9H11NO7S/c1-15-6-4-5-7(16-2)9(8(6)10(11)12)18(13,14)17-3/h4-5H,1-3H3. The molecular formula is C9H11NO7S. The fourth-order valence-corrected chi connectivity index (χ4v) is 2.33. The molecule has 9 heteroatoms. The fourth-order valence-electron chi connectivity index (χ4n) is 1.36. The van der Waals surface area contributed by atoms with Crippen LogP contribution < -0.4 is 9.47 Å². The van der Waals surface area contributed by atoms with Crippen molar-refractivity contribution >= 4 is 15.8 Å². The lowest BCUT2D eigenvalue weighted by Gasteiger charge is -2.10. The van der Waals surface area contributed by atoms with Gasteiger partial charge in [-0.15, -0.1) is 0 Å². The van der Waals surface area contributed by atoms with E-state index in [-0.39, 0.29) is 11.5 Å². The highest BCUT2D eigenvalue weighted by Crippen LogP contribution is 2.40. The Kier molecular flexibility index (Phi) is 4.09. The first-order valence-electron chi connectivity index (χ1n) is 4.59. The van der Waals surface area contributed by atoms with E-state index in [4.69, 9.17) is 9.47 Å². The highest BCUT2D eigenvalue weighted by molar-refractivity contribution is 7.87. The third kappa shape index (κ3) is 2.36. The summed E-state index contributed by atoms with van der Waals surface area (Å²) in [6, 6.07) is 2.49. The molecule has 1 rings (SSSR count). The Labute approximate surface area is 103 Å². The molecule has 0 saturated heterocycles. The van der Waals surface area contributed by atoms with Gasteiger partial charge in [-0.2, -0.15) is 8.42 Å². The molecular weight excluding hydrogens is 266 g/mol. The Balaban J connectivity index is 3.78. The molecule has 1 aromatic rings. The van der Waals surface area contributed by atoms with Gasteiger partial charge in [0.2, 0.25) is 4.90 Å². The van der Waals surface area contributed by atoms with Crippen molar-refractivity contribution in [2.45, 2.75) is 4.90 Å². The van der Waals surface area contributed by atoms with Crippen LogP contribution in [0.1, 0.15) is 0 Å². The minimum atomic E-state index is -4.30. The number of nitrogens with zero attached hydrogens (tertiary/aromatic N) is 1. The number of methoxy groups -OCH3 is 2. The first-order chi connectivity index (χ1) is 8.38. The molecule has 0 aliphatic carbocycles. The van der Waals surface area contributed by atoms with Gasteiger partial charge in [0.05, 0.1) is 26.3 Å². The summed E-state index contributed by atoms with van der Waals surface area (Å²) >= 11 is 0. The second-order valence-corrected chi connectivity index (χ2v) is 4.68. The van der Waals surface area contributed by atoms with Crippen LogP contribution in [0.4, 0.5) is 5.69 Å². The minimum absolute atomic E-state index is 0.190. The second-order valence-electron chi connectivity index (χ2n) is 3.03. The van der Waals surface area contributed by atoms with Gasteiger partial charge in [0, 0.05) is 0 Å². The Hall–Kier alpha value is -1.87.